The summed E-state index contributed by atoms with van der Waals surface area (Å²) in [5.41, 5.74) is 4.44. The first-order valence-corrected chi connectivity index (χ1v) is 13.2. The molecular weight excluding hydrogens is 532 g/mol. The number of anilines is 1. The highest BCUT2D eigenvalue weighted by Crippen LogP contribution is 2.26. The molecule has 0 radical (unpaired) electrons. The molecule has 1 heterocycles. The van der Waals surface area contributed by atoms with Crippen LogP contribution >= 0.6 is 0 Å². The minimum Gasteiger partial charge on any atom is -0.479 e. The van der Waals surface area contributed by atoms with Gasteiger partial charge >= 0.3 is 11.9 Å². The maximum Gasteiger partial charge on any atom is 0.340 e. The Hall–Kier alpha value is -3.84. The maximum absolute atomic E-state index is 12.8. The fourth-order valence-electron chi connectivity index (χ4n) is 4.49. The average molecular weight is 567 g/mol. The molecule has 1 aliphatic rings. The van der Waals surface area contributed by atoms with Crippen LogP contribution in [0, 0.1) is 6.92 Å². The Morgan fingerprint density at radius 1 is 0.902 bits per heavy atom. The minimum atomic E-state index is -1.89. The summed E-state index contributed by atoms with van der Waals surface area (Å²) in [6.45, 7) is 3.64. The third-order valence-electron chi connectivity index (χ3n) is 6.73. The number of aliphatic hydroxyl groups is 4. The third-order valence-corrected chi connectivity index (χ3v) is 6.73. The van der Waals surface area contributed by atoms with Gasteiger partial charge in [0.1, 0.15) is 18.3 Å². The minimum absolute atomic E-state index is 0.112. The van der Waals surface area contributed by atoms with Crippen LogP contribution in [0.15, 0.2) is 72.8 Å². The fourth-order valence-corrected chi connectivity index (χ4v) is 4.49. The van der Waals surface area contributed by atoms with Crippen LogP contribution in [-0.2, 0) is 14.3 Å². The number of carboxylic acids is 1. The number of hydrogen-bond donors (Lipinski definition) is 7. The number of carbonyl (C=O) groups excluding carboxylic acids is 1. The van der Waals surface area contributed by atoms with Gasteiger partial charge in [-0.2, -0.15) is 0 Å². The lowest BCUT2D eigenvalue weighted by molar-refractivity contribution is -0.278. The molecule has 0 bridgehead atoms. The molecule has 0 spiro atoms. The van der Waals surface area contributed by atoms with E-state index in [-0.39, 0.29) is 5.56 Å². The number of carbonyl (C=O) groups is 2. The highest BCUT2D eigenvalue weighted by Gasteiger charge is 2.48. The first kappa shape index (κ1) is 30.1. The highest BCUT2D eigenvalue weighted by molar-refractivity contribution is 5.91. The smallest absolute Gasteiger partial charge is 0.340 e. The number of ether oxygens (including phenoxy) is 2. The zero-order valence-corrected chi connectivity index (χ0v) is 22.4. The normalized spacial score (nSPS) is 23.0. The maximum atomic E-state index is 12.8. The number of aryl methyl sites for hydroxylation is 1. The quantitative estimate of drug-likeness (QED) is 0.132. The second-order valence-electron chi connectivity index (χ2n) is 9.86. The molecule has 1 fully saturated rings. The summed E-state index contributed by atoms with van der Waals surface area (Å²) in [4.78, 5) is 24.1. The Morgan fingerprint density at radius 2 is 1.61 bits per heavy atom. The van der Waals surface area contributed by atoms with Crippen LogP contribution in [0.4, 0.5) is 5.69 Å². The standard InChI is InChI=1S/C30H34N2O9/c1-17-5-2-8-20(13-17)23(33)16-31-11-12-32-22-10-4-7-19(15-22)18-6-3-9-21(14-18)29(39)41-30-26(36)24(34)25(35)27(40-30)28(37)38/h2-10,13-15,23-27,30-36H,11-12,16H2,1H3,(H,37,38)/t23-,24-,25-,26+,27-,30-/m0/s1. The summed E-state index contributed by atoms with van der Waals surface area (Å²) in [6.07, 6.45) is -9.86. The molecular formula is C30H34N2O9. The first-order chi connectivity index (χ1) is 19.6. The van der Waals surface area contributed by atoms with Crippen LogP contribution in [-0.4, -0.2) is 87.8 Å². The van der Waals surface area contributed by atoms with Crippen molar-refractivity contribution in [1.29, 1.82) is 0 Å². The number of aliphatic hydroxyl groups excluding tert-OH is 4. The number of rotatable bonds is 11. The van der Waals surface area contributed by atoms with Gasteiger partial charge in [-0.05, 0) is 47.9 Å². The van der Waals surface area contributed by atoms with Crippen molar-refractivity contribution in [2.75, 3.05) is 25.0 Å². The lowest BCUT2D eigenvalue weighted by Gasteiger charge is -2.37. The number of aliphatic carboxylic acids is 1. The van der Waals surface area contributed by atoms with Crippen molar-refractivity contribution in [3.63, 3.8) is 0 Å². The number of hydrogen-bond acceptors (Lipinski definition) is 10. The summed E-state index contributed by atoms with van der Waals surface area (Å²) in [6, 6.07) is 21.8. The monoisotopic (exact) mass is 566 g/mol. The van der Waals surface area contributed by atoms with Gasteiger partial charge in [0.2, 0.25) is 6.29 Å². The van der Waals surface area contributed by atoms with E-state index in [1.54, 1.807) is 18.2 Å². The van der Waals surface area contributed by atoms with E-state index in [0.717, 1.165) is 22.4 Å². The Kier molecular flexibility index (Phi) is 10.1. The number of nitrogens with one attached hydrogen (secondary N) is 2. The molecule has 3 aromatic rings. The van der Waals surface area contributed by atoms with Crippen LogP contribution in [0.2, 0.25) is 0 Å². The van der Waals surface area contributed by atoms with E-state index in [4.69, 9.17) is 9.47 Å². The molecule has 0 unspecified atom stereocenters. The van der Waals surface area contributed by atoms with Crippen LogP contribution in [0.25, 0.3) is 11.1 Å². The predicted molar refractivity (Wildman–Crippen MR) is 149 cm³/mol. The van der Waals surface area contributed by atoms with Gasteiger partial charge in [-0.15, -0.1) is 0 Å². The Labute approximate surface area is 237 Å². The van der Waals surface area contributed by atoms with Crippen LogP contribution in [0.3, 0.4) is 0 Å². The second-order valence-corrected chi connectivity index (χ2v) is 9.86. The summed E-state index contributed by atoms with van der Waals surface area (Å²) in [7, 11) is 0. The van der Waals surface area contributed by atoms with E-state index < -0.39 is 48.7 Å². The second kappa shape index (κ2) is 13.7. The molecule has 11 heteroatoms. The van der Waals surface area contributed by atoms with Gasteiger partial charge in [-0.25, -0.2) is 9.59 Å². The topological polar surface area (TPSA) is 178 Å². The Bertz CT molecular complexity index is 1350. The summed E-state index contributed by atoms with van der Waals surface area (Å²) in [5.74, 6) is -2.48. The molecule has 7 N–H and O–H groups in total. The SMILES string of the molecule is Cc1cccc([C@@H](O)CNCCNc2cccc(-c3cccc(C(=O)O[C@@H]4O[C@H](C(=O)O)[C@@H](O)[C@H](O)[C@H]4O)c3)c2)c1. The lowest BCUT2D eigenvalue weighted by atomic mass is 9.99. The zero-order valence-electron chi connectivity index (χ0n) is 22.4. The van der Waals surface area contributed by atoms with Gasteiger partial charge in [0.25, 0.3) is 0 Å². The predicted octanol–water partition coefficient (Wildman–Crippen LogP) is 1.45. The number of carboxylic acid groups (broad SMARTS) is 1. The molecule has 0 aliphatic carbocycles. The van der Waals surface area contributed by atoms with Gasteiger partial charge < -0.3 is 45.6 Å². The van der Waals surface area contributed by atoms with E-state index in [0.29, 0.717) is 25.2 Å². The molecule has 1 saturated heterocycles. The Balaban J connectivity index is 1.32. The van der Waals surface area contributed by atoms with E-state index in [2.05, 4.69) is 10.6 Å². The zero-order chi connectivity index (χ0) is 29.5. The summed E-state index contributed by atoms with van der Waals surface area (Å²) < 4.78 is 10.2. The van der Waals surface area contributed by atoms with Crippen LogP contribution in [0.5, 0.6) is 0 Å². The van der Waals surface area contributed by atoms with Crippen molar-refractivity contribution in [2.45, 2.75) is 43.7 Å². The average Bonchev–Trinajstić information content (AvgIpc) is 2.97. The van der Waals surface area contributed by atoms with E-state index in [1.165, 1.54) is 6.07 Å². The van der Waals surface area contributed by atoms with Crippen molar-refractivity contribution in [3.8, 4) is 11.1 Å². The van der Waals surface area contributed by atoms with Crippen molar-refractivity contribution in [3.05, 3.63) is 89.5 Å². The first-order valence-electron chi connectivity index (χ1n) is 13.2. The molecule has 4 rings (SSSR count). The van der Waals surface area contributed by atoms with Gasteiger partial charge in [-0.1, -0.05) is 54.1 Å². The third kappa shape index (κ3) is 7.67. The molecule has 6 atom stereocenters. The van der Waals surface area contributed by atoms with Gasteiger partial charge in [0.15, 0.2) is 6.10 Å². The Morgan fingerprint density at radius 3 is 2.34 bits per heavy atom. The molecule has 3 aromatic carbocycles. The molecule has 0 saturated carbocycles. The molecule has 11 nitrogen and oxygen atoms in total. The molecule has 0 aromatic heterocycles. The van der Waals surface area contributed by atoms with Gasteiger partial charge in [-0.3, -0.25) is 0 Å². The summed E-state index contributed by atoms with van der Waals surface area (Å²) >= 11 is 0. The molecule has 218 valence electrons. The highest BCUT2D eigenvalue weighted by atomic mass is 16.7. The van der Waals surface area contributed by atoms with Gasteiger partial charge in [0, 0.05) is 25.3 Å². The van der Waals surface area contributed by atoms with Gasteiger partial charge in [0.05, 0.1) is 11.7 Å². The van der Waals surface area contributed by atoms with Crippen molar-refractivity contribution < 1.29 is 44.6 Å². The van der Waals surface area contributed by atoms with E-state index in [9.17, 15) is 35.1 Å². The molecule has 41 heavy (non-hydrogen) atoms. The molecule has 1 aliphatic heterocycles. The number of benzene rings is 3. The van der Waals surface area contributed by atoms with Crippen molar-refractivity contribution in [2.24, 2.45) is 0 Å². The van der Waals surface area contributed by atoms with E-state index >= 15 is 0 Å². The van der Waals surface area contributed by atoms with Crippen LogP contribution < -0.4 is 10.6 Å². The molecule has 0 amide bonds. The largest absolute Gasteiger partial charge is 0.479 e. The van der Waals surface area contributed by atoms with Crippen molar-refractivity contribution >= 4 is 17.6 Å². The lowest BCUT2D eigenvalue weighted by Crippen LogP contribution is -2.60. The number of esters is 1. The van der Waals surface area contributed by atoms with E-state index in [1.807, 2.05) is 55.5 Å². The van der Waals surface area contributed by atoms with Crippen molar-refractivity contribution in [1.82, 2.24) is 5.32 Å². The van der Waals surface area contributed by atoms with Crippen LogP contribution in [0.1, 0.15) is 27.6 Å². The fraction of sp³-hybridized carbons (Fsp3) is 0.333. The summed E-state index contributed by atoms with van der Waals surface area (Å²) in [5, 5.41) is 56.0.